The number of nitriles is 1. The zero-order valence-electron chi connectivity index (χ0n) is 9.89. The van der Waals surface area contributed by atoms with E-state index in [1.165, 1.54) is 0 Å². The van der Waals surface area contributed by atoms with Crippen LogP contribution >= 0.6 is 0 Å². The first-order valence-corrected chi connectivity index (χ1v) is 5.75. The van der Waals surface area contributed by atoms with Gasteiger partial charge in [-0.15, -0.1) is 0 Å². The van der Waals surface area contributed by atoms with E-state index in [-0.39, 0.29) is 12.6 Å². The Morgan fingerprint density at radius 1 is 1.59 bits per heavy atom. The van der Waals surface area contributed by atoms with E-state index in [1.807, 2.05) is 6.07 Å². The molecule has 17 heavy (non-hydrogen) atoms. The van der Waals surface area contributed by atoms with Gasteiger partial charge in [0.05, 0.1) is 31.0 Å². The van der Waals surface area contributed by atoms with Gasteiger partial charge in [-0.3, -0.25) is 0 Å². The summed E-state index contributed by atoms with van der Waals surface area (Å²) in [4.78, 5) is 2.10. The number of hydrogen-bond acceptors (Lipinski definition) is 4. The molecule has 1 atom stereocenters. The van der Waals surface area contributed by atoms with Crippen molar-refractivity contribution in [2.45, 2.75) is 18.9 Å². The van der Waals surface area contributed by atoms with Gasteiger partial charge in [0.2, 0.25) is 0 Å². The molecule has 1 aliphatic heterocycles. The molecular weight excluding hydrogens is 216 g/mol. The van der Waals surface area contributed by atoms with Gasteiger partial charge in [-0.05, 0) is 25.0 Å². The summed E-state index contributed by atoms with van der Waals surface area (Å²) in [5.74, 6) is 0.739. The predicted octanol–water partition coefficient (Wildman–Crippen LogP) is 1.53. The molecule has 2 rings (SSSR count). The fraction of sp³-hybridized carbons (Fsp3) is 0.462. The number of hydrogen-bond donors (Lipinski definition) is 1. The summed E-state index contributed by atoms with van der Waals surface area (Å²) >= 11 is 0. The summed E-state index contributed by atoms with van der Waals surface area (Å²) in [5, 5.41) is 18.5. The second kappa shape index (κ2) is 5.07. The molecule has 1 N–H and O–H groups in total. The Balaban J connectivity index is 2.38. The Bertz CT molecular complexity index is 440. The largest absolute Gasteiger partial charge is 0.497 e. The molecule has 0 amide bonds. The number of rotatable bonds is 3. The van der Waals surface area contributed by atoms with Crippen LogP contribution in [0.1, 0.15) is 18.4 Å². The molecule has 1 fully saturated rings. The number of benzene rings is 1. The predicted molar refractivity (Wildman–Crippen MR) is 65.2 cm³/mol. The van der Waals surface area contributed by atoms with Gasteiger partial charge >= 0.3 is 0 Å². The van der Waals surface area contributed by atoms with Crippen LogP contribution in [0.15, 0.2) is 18.2 Å². The van der Waals surface area contributed by atoms with Crippen LogP contribution in [0.3, 0.4) is 0 Å². The Kier molecular flexibility index (Phi) is 3.50. The molecule has 1 aliphatic rings. The zero-order valence-corrected chi connectivity index (χ0v) is 9.89. The van der Waals surface area contributed by atoms with Crippen LogP contribution in [0.2, 0.25) is 0 Å². The molecule has 90 valence electrons. The van der Waals surface area contributed by atoms with Crippen LogP contribution < -0.4 is 9.64 Å². The summed E-state index contributed by atoms with van der Waals surface area (Å²) in [6.45, 7) is 1.01. The molecule has 0 bridgehead atoms. The van der Waals surface area contributed by atoms with E-state index in [9.17, 15) is 5.11 Å². The first kappa shape index (κ1) is 11.7. The van der Waals surface area contributed by atoms with Gasteiger partial charge in [0.25, 0.3) is 0 Å². The quantitative estimate of drug-likeness (QED) is 0.858. The van der Waals surface area contributed by atoms with Crippen molar-refractivity contribution in [1.29, 1.82) is 5.26 Å². The fourth-order valence-electron chi connectivity index (χ4n) is 2.31. The van der Waals surface area contributed by atoms with Gasteiger partial charge in [-0.1, -0.05) is 0 Å². The Hall–Kier alpha value is -1.73. The molecule has 0 aromatic heterocycles. The maximum absolute atomic E-state index is 9.33. The second-order valence-corrected chi connectivity index (χ2v) is 4.17. The van der Waals surface area contributed by atoms with Crippen LogP contribution in [0, 0.1) is 11.3 Å². The summed E-state index contributed by atoms with van der Waals surface area (Å²) < 4.78 is 5.18. The van der Waals surface area contributed by atoms with Crippen molar-refractivity contribution in [3.05, 3.63) is 23.8 Å². The molecule has 0 spiro atoms. The van der Waals surface area contributed by atoms with E-state index in [2.05, 4.69) is 11.0 Å². The van der Waals surface area contributed by atoms with Gasteiger partial charge in [0.1, 0.15) is 11.8 Å². The Morgan fingerprint density at radius 2 is 2.41 bits per heavy atom. The van der Waals surface area contributed by atoms with Gasteiger partial charge in [0, 0.05) is 12.6 Å². The highest BCUT2D eigenvalue weighted by molar-refractivity contribution is 5.63. The minimum atomic E-state index is 0.120. The van der Waals surface area contributed by atoms with Gasteiger partial charge in [0.15, 0.2) is 0 Å². The average Bonchev–Trinajstić information content (AvgIpc) is 2.86. The fourth-order valence-corrected chi connectivity index (χ4v) is 2.31. The first-order chi connectivity index (χ1) is 8.30. The molecule has 1 unspecified atom stereocenters. The lowest BCUT2D eigenvalue weighted by Crippen LogP contribution is -2.32. The SMILES string of the molecule is COc1ccc(C#N)c(N2CCCC2CO)c1. The van der Waals surface area contributed by atoms with E-state index < -0.39 is 0 Å². The Labute approximate surface area is 101 Å². The normalized spacial score (nSPS) is 19.1. The molecule has 1 heterocycles. The monoisotopic (exact) mass is 232 g/mol. The maximum atomic E-state index is 9.33. The summed E-state index contributed by atoms with van der Waals surface area (Å²) in [6, 6.07) is 7.73. The van der Waals surface area contributed by atoms with E-state index in [0.717, 1.165) is 30.8 Å². The highest BCUT2D eigenvalue weighted by Gasteiger charge is 2.26. The van der Waals surface area contributed by atoms with Crippen molar-refractivity contribution < 1.29 is 9.84 Å². The molecule has 0 saturated carbocycles. The lowest BCUT2D eigenvalue weighted by atomic mass is 10.1. The molecule has 0 radical (unpaired) electrons. The van der Waals surface area contributed by atoms with Crippen molar-refractivity contribution in [3.63, 3.8) is 0 Å². The van der Waals surface area contributed by atoms with Gasteiger partial charge in [-0.25, -0.2) is 0 Å². The Morgan fingerprint density at radius 3 is 3.06 bits per heavy atom. The summed E-state index contributed by atoms with van der Waals surface area (Å²) in [6.07, 6.45) is 2.02. The molecule has 1 saturated heterocycles. The number of aliphatic hydroxyl groups is 1. The molecule has 0 aliphatic carbocycles. The standard InChI is InChI=1S/C13H16N2O2/c1-17-12-5-4-10(8-14)13(7-12)15-6-2-3-11(15)9-16/h4-5,7,11,16H,2-3,6,9H2,1H3. The lowest BCUT2D eigenvalue weighted by Gasteiger charge is -2.26. The highest BCUT2D eigenvalue weighted by atomic mass is 16.5. The zero-order chi connectivity index (χ0) is 12.3. The van der Waals surface area contributed by atoms with Crippen molar-refractivity contribution in [2.24, 2.45) is 0 Å². The summed E-state index contributed by atoms with van der Waals surface area (Å²) in [7, 11) is 1.61. The van der Waals surface area contributed by atoms with Crippen molar-refractivity contribution in [2.75, 3.05) is 25.2 Å². The van der Waals surface area contributed by atoms with Crippen LogP contribution in [-0.4, -0.2) is 31.4 Å². The number of ether oxygens (including phenoxy) is 1. The minimum absolute atomic E-state index is 0.120. The highest BCUT2D eigenvalue weighted by Crippen LogP contribution is 2.31. The topological polar surface area (TPSA) is 56.5 Å². The van der Waals surface area contributed by atoms with E-state index in [4.69, 9.17) is 10.00 Å². The van der Waals surface area contributed by atoms with Crippen LogP contribution in [0.25, 0.3) is 0 Å². The maximum Gasteiger partial charge on any atom is 0.121 e. The number of nitrogens with zero attached hydrogens (tertiary/aromatic N) is 2. The third-order valence-corrected chi connectivity index (χ3v) is 3.22. The molecular formula is C13H16N2O2. The summed E-state index contributed by atoms with van der Waals surface area (Å²) in [5.41, 5.74) is 1.49. The number of aliphatic hydroxyl groups excluding tert-OH is 1. The van der Waals surface area contributed by atoms with Gasteiger partial charge < -0.3 is 14.7 Å². The average molecular weight is 232 g/mol. The third-order valence-electron chi connectivity index (χ3n) is 3.22. The second-order valence-electron chi connectivity index (χ2n) is 4.17. The molecule has 4 nitrogen and oxygen atoms in total. The van der Waals surface area contributed by atoms with E-state index in [1.54, 1.807) is 19.2 Å². The third kappa shape index (κ3) is 2.20. The number of methoxy groups -OCH3 is 1. The van der Waals surface area contributed by atoms with E-state index >= 15 is 0 Å². The minimum Gasteiger partial charge on any atom is -0.497 e. The molecule has 1 aromatic carbocycles. The van der Waals surface area contributed by atoms with E-state index in [0.29, 0.717) is 5.56 Å². The van der Waals surface area contributed by atoms with Crippen molar-refractivity contribution in [1.82, 2.24) is 0 Å². The van der Waals surface area contributed by atoms with Crippen molar-refractivity contribution >= 4 is 5.69 Å². The molecule has 4 heteroatoms. The number of anilines is 1. The van der Waals surface area contributed by atoms with Crippen LogP contribution in [0.5, 0.6) is 5.75 Å². The lowest BCUT2D eigenvalue weighted by molar-refractivity contribution is 0.266. The van der Waals surface area contributed by atoms with Crippen molar-refractivity contribution in [3.8, 4) is 11.8 Å². The molecule has 1 aromatic rings. The van der Waals surface area contributed by atoms with Gasteiger partial charge in [-0.2, -0.15) is 5.26 Å². The van der Waals surface area contributed by atoms with Crippen LogP contribution in [0.4, 0.5) is 5.69 Å². The smallest absolute Gasteiger partial charge is 0.121 e. The first-order valence-electron chi connectivity index (χ1n) is 5.75. The van der Waals surface area contributed by atoms with Crippen LogP contribution in [-0.2, 0) is 0 Å².